The van der Waals surface area contributed by atoms with Crippen LogP contribution in [0.2, 0.25) is 0 Å². The molecule has 0 bridgehead atoms. The first-order valence-electron chi connectivity index (χ1n) is 23.7. The van der Waals surface area contributed by atoms with E-state index in [2.05, 4.69) is 73.1 Å². The van der Waals surface area contributed by atoms with Gasteiger partial charge in [0.1, 0.15) is 34.1 Å². The van der Waals surface area contributed by atoms with Gasteiger partial charge in [-0.15, -0.1) is 4.91 Å². The van der Waals surface area contributed by atoms with Gasteiger partial charge in [-0.05, 0) is 129 Å². The Bertz CT molecular complexity index is 2780. The van der Waals surface area contributed by atoms with Crippen LogP contribution in [-0.2, 0) is 14.8 Å². The number of halogens is 1. The summed E-state index contributed by atoms with van der Waals surface area (Å²) in [6.07, 6.45) is 10.2. The number of H-pyrrole nitrogens is 1. The number of likely N-dealkylation sites (tertiary alicyclic amines) is 2. The minimum Gasteiger partial charge on any atom is -0.436 e. The Morgan fingerprint density at radius 2 is 1.75 bits per heavy atom. The first-order chi connectivity index (χ1) is 32.6. The standard InChI is InChI=1S/C50H61FN10O6S/c1-33(2)38-8-5-6-9-39(38)43-10-7-21-61(43)35-28-49(29-35)16-22-59(23-17-49)44-14-12-40(48(55-44)67-36-26-34-15-20-52-46(34)53-30-36)47(63)57-68(65,66)37-11-13-41(42(27-37)56-64)54-32-50(51)18-24-60(25-19-50)45(62)31-58(3)4/h5-6,8-9,11-15,20,26-27,30,33,35,43,54H,7,10,16-19,21-25,28-29,31-32H2,1-4H3,(H,52,53)(H,57,63). The first-order valence-corrected chi connectivity index (χ1v) is 25.2. The van der Waals surface area contributed by atoms with Crippen molar-refractivity contribution in [3.63, 3.8) is 0 Å². The maximum absolute atomic E-state index is 15.8. The van der Waals surface area contributed by atoms with Crippen molar-refractivity contribution < 1.29 is 27.1 Å². The number of nitrogens with one attached hydrogen (secondary N) is 3. The number of carbonyl (C=O) groups is 2. The SMILES string of the molecule is CC(C)c1ccccc1C1CCCN1C1CC2(CCN(c3ccc(C(=O)NS(=O)(=O)c4ccc(NCC5(F)CCN(C(=O)CN(C)C)CC5)c(N=O)c4)c(Oc4cnc5[nH]ccc5c4)n3)CC2)C1. The van der Waals surface area contributed by atoms with Crippen molar-refractivity contribution >= 4 is 50.1 Å². The zero-order chi connectivity index (χ0) is 47.8. The molecule has 16 nitrogen and oxygen atoms in total. The second-order valence-electron chi connectivity index (χ2n) is 19.8. The van der Waals surface area contributed by atoms with Crippen molar-refractivity contribution in [1.29, 1.82) is 0 Å². The van der Waals surface area contributed by atoms with Crippen LogP contribution in [0.25, 0.3) is 11.0 Å². The monoisotopic (exact) mass is 948 g/mol. The molecule has 3 saturated heterocycles. The average molecular weight is 949 g/mol. The Morgan fingerprint density at radius 3 is 2.49 bits per heavy atom. The average Bonchev–Trinajstić information content (AvgIpc) is 4.00. The lowest BCUT2D eigenvalue weighted by Gasteiger charge is -2.56. The predicted molar refractivity (Wildman–Crippen MR) is 260 cm³/mol. The molecule has 1 saturated carbocycles. The van der Waals surface area contributed by atoms with Gasteiger partial charge >= 0.3 is 0 Å². The van der Waals surface area contributed by atoms with E-state index in [1.54, 1.807) is 42.2 Å². The van der Waals surface area contributed by atoms with Gasteiger partial charge in [-0.25, -0.2) is 22.5 Å². The summed E-state index contributed by atoms with van der Waals surface area (Å²) in [6, 6.07) is 20.3. The number of aromatic amines is 1. The molecule has 1 atom stereocenters. The fourth-order valence-corrected chi connectivity index (χ4v) is 11.7. The second kappa shape index (κ2) is 19.2. The molecule has 3 N–H and O–H groups in total. The molecule has 2 aromatic carbocycles. The summed E-state index contributed by atoms with van der Waals surface area (Å²) in [5.74, 6) is 0.220. The van der Waals surface area contributed by atoms with E-state index in [1.807, 2.05) is 6.07 Å². The molecule has 3 aromatic heterocycles. The number of hydrogen-bond acceptors (Lipinski definition) is 13. The van der Waals surface area contributed by atoms with E-state index in [9.17, 15) is 22.9 Å². The van der Waals surface area contributed by atoms with Crippen molar-refractivity contribution in [1.82, 2.24) is 34.4 Å². The molecule has 1 spiro atoms. The highest BCUT2D eigenvalue weighted by atomic mass is 32.2. The van der Waals surface area contributed by atoms with Crippen LogP contribution in [0.1, 0.15) is 98.7 Å². The number of hydrogen-bond donors (Lipinski definition) is 3. The first kappa shape index (κ1) is 47.1. The zero-order valence-electron chi connectivity index (χ0n) is 39.2. The summed E-state index contributed by atoms with van der Waals surface area (Å²) in [5, 5.41) is 6.69. The van der Waals surface area contributed by atoms with Crippen LogP contribution in [0.4, 0.5) is 21.6 Å². The van der Waals surface area contributed by atoms with Gasteiger partial charge in [0.2, 0.25) is 11.8 Å². The number of anilines is 2. The number of piperidine rings is 2. The lowest BCUT2D eigenvalue weighted by Crippen LogP contribution is -2.55. The number of pyridine rings is 2. The summed E-state index contributed by atoms with van der Waals surface area (Å²) in [4.78, 5) is 58.7. The maximum Gasteiger partial charge on any atom is 0.270 e. The summed E-state index contributed by atoms with van der Waals surface area (Å²) in [6.45, 7) is 7.79. The van der Waals surface area contributed by atoms with Gasteiger partial charge < -0.3 is 29.7 Å². The van der Waals surface area contributed by atoms with Crippen molar-refractivity contribution in [2.45, 2.75) is 93.8 Å². The van der Waals surface area contributed by atoms with E-state index in [-0.39, 0.29) is 73.2 Å². The number of amides is 2. The van der Waals surface area contributed by atoms with Crippen LogP contribution in [0.15, 0.2) is 89.2 Å². The minimum atomic E-state index is -4.57. The third-order valence-electron chi connectivity index (χ3n) is 14.6. The number of alkyl halides is 1. The van der Waals surface area contributed by atoms with E-state index in [1.165, 1.54) is 61.2 Å². The van der Waals surface area contributed by atoms with E-state index in [4.69, 9.17) is 9.72 Å². The van der Waals surface area contributed by atoms with Crippen LogP contribution >= 0.6 is 0 Å². The number of nitrogens with zero attached hydrogens (tertiary/aromatic N) is 7. The van der Waals surface area contributed by atoms with E-state index < -0.39 is 26.5 Å². The molecule has 1 aliphatic carbocycles. The Morgan fingerprint density at radius 1 is 0.985 bits per heavy atom. The Kier molecular flexibility index (Phi) is 13.3. The molecule has 5 aromatic rings. The third kappa shape index (κ3) is 9.94. The Hall–Kier alpha value is -5.98. The Labute approximate surface area is 397 Å². The molecule has 9 rings (SSSR count). The lowest BCUT2D eigenvalue weighted by atomic mass is 9.60. The highest BCUT2D eigenvalue weighted by Gasteiger charge is 2.50. The highest BCUT2D eigenvalue weighted by molar-refractivity contribution is 7.90. The van der Waals surface area contributed by atoms with Gasteiger partial charge in [0.25, 0.3) is 15.9 Å². The lowest BCUT2D eigenvalue weighted by molar-refractivity contribution is -0.134. The maximum atomic E-state index is 15.8. The molecular weight excluding hydrogens is 888 g/mol. The fourth-order valence-electron chi connectivity index (χ4n) is 10.7. The largest absolute Gasteiger partial charge is 0.436 e. The topological polar surface area (TPSA) is 186 Å². The van der Waals surface area contributed by atoms with Gasteiger partial charge in [0.05, 0.1) is 23.3 Å². The smallest absolute Gasteiger partial charge is 0.270 e. The molecule has 3 aliphatic heterocycles. The van der Waals surface area contributed by atoms with Crippen molar-refractivity contribution in [2.75, 3.05) is 70.1 Å². The van der Waals surface area contributed by atoms with Crippen molar-refractivity contribution in [3.05, 3.63) is 101 Å². The number of nitroso groups, excluding NO2 is 1. The summed E-state index contributed by atoms with van der Waals surface area (Å²) < 4.78 is 51.7. The number of rotatable bonds is 15. The summed E-state index contributed by atoms with van der Waals surface area (Å²) in [7, 11) is -0.980. The number of sulfonamides is 1. The quantitative estimate of drug-likeness (QED) is 0.0855. The van der Waals surface area contributed by atoms with Crippen molar-refractivity contribution in [3.8, 4) is 11.6 Å². The molecule has 360 valence electrons. The predicted octanol–water partition coefficient (Wildman–Crippen LogP) is 8.28. The molecule has 2 amide bonds. The number of fused-ring (bicyclic) bond motifs is 1. The molecule has 0 radical (unpaired) electrons. The second-order valence-corrected chi connectivity index (χ2v) is 21.4. The fraction of sp³-hybridized carbons (Fsp3) is 0.480. The number of aromatic nitrogens is 3. The molecule has 68 heavy (non-hydrogen) atoms. The van der Waals surface area contributed by atoms with Gasteiger partial charge in [0.15, 0.2) is 0 Å². The van der Waals surface area contributed by atoms with E-state index >= 15 is 4.39 Å². The van der Waals surface area contributed by atoms with Gasteiger partial charge in [-0.3, -0.25) is 14.5 Å². The number of carbonyl (C=O) groups excluding carboxylic acids is 2. The Balaban J connectivity index is 0.869. The van der Waals surface area contributed by atoms with Crippen LogP contribution < -0.4 is 19.7 Å². The van der Waals surface area contributed by atoms with Crippen molar-refractivity contribution in [2.24, 2.45) is 10.6 Å². The van der Waals surface area contributed by atoms with Crippen LogP contribution in [0.5, 0.6) is 11.6 Å². The number of ether oxygens (including phenoxy) is 1. The third-order valence-corrected chi connectivity index (χ3v) is 15.9. The molecule has 1 unspecified atom stereocenters. The molecule has 4 aliphatic rings. The normalized spacial score (nSPS) is 19.7. The van der Waals surface area contributed by atoms with Crippen LogP contribution in [0, 0.1) is 10.3 Å². The number of benzene rings is 2. The highest BCUT2D eigenvalue weighted by Crippen LogP contribution is 2.54. The summed E-state index contributed by atoms with van der Waals surface area (Å²) in [5.41, 5.74) is 1.90. The van der Waals surface area contributed by atoms with Crippen LogP contribution in [0.3, 0.4) is 0 Å². The van der Waals surface area contributed by atoms with Gasteiger partial charge in [0, 0.05) is 69.2 Å². The van der Waals surface area contributed by atoms with Gasteiger partial charge in [-0.2, -0.15) is 4.98 Å². The zero-order valence-corrected chi connectivity index (χ0v) is 40.0. The molecule has 6 heterocycles. The minimum absolute atomic E-state index is 0.0758. The van der Waals surface area contributed by atoms with Gasteiger partial charge in [-0.1, -0.05) is 38.1 Å². The molecule has 4 fully saturated rings. The molecular formula is C50H61FN10O6S. The summed E-state index contributed by atoms with van der Waals surface area (Å²) >= 11 is 0. The van der Waals surface area contributed by atoms with E-state index in [0.717, 1.165) is 43.9 Å². The van der Waals surface area contributed by atoms with Crippen LogP contribution in [-0.4, -0.2) is 122 Å². The molecule has 18 heteroatoms. The van der Waals surface area contributed by atoms with E-state index in [0.29, 0.717) is 35.2 Å². The number of likely N-dealkylation sites (N-methyl/N-ethyl adjacent to an activating group) is 1.